The van der Waals surface area contributed by atoms with Gasteiger partial charge in [0, 0.05) is 20.2 Å². The lowest BCUT2D eigenvalue weighted by Gasteiger charge is -2.23. The maximum atomic E-state index is 11.3. The van der Waals surface area contributed by atoms with Crippen LogP contribution in [0, 0.1) is 0 Å². The average Bonchev–Trinajstić information content (AvgIpc) is 2.20. The van der Waals surface area contributed by atoms with E-state index in [4.69, 9.17) is 9.47 Å². The molecule has 0 saturated heterocycles. The first kappa shape index (κ1) is 17.2. The molecule has 0 aliphatic carbocycles. The maximum absolute atomic E-state index is 11.3. The Morgan fingerprint density at radius 2 is 1.67 bits per heavy atom. The quantitative estimate of drug-likeness (QED) is 0.687. The standard InChI is InChI=1S/C13H28N2O3/c1-12(2,3)18-11(16)15-10-9-14-8-7-13(4,5)17-6/h14H,7-10H2,1-6H3,(H,15,16). The molecule has 108 valence electrons. The third-order valence-corrected chi connectivity index (χ3v) is 2.43. The number of ether oxygens (including phenoxy) is 2. The first-order chi connectivity index (χ1) is 8.16. The Bertz CT molecular complexity index is 247. The average molecular weight is 260 g/mol. The normalized spacial score (nSPS) is 12.3. The predicted molar refractivity (Wildman–Crippen MR) is 72.8 cm³/mol. The molecule has 18 heavy (non-hydrogen) atoms. The van der Waals surface area contributed by atoms with Gasteiger partial charge in [-0.15, -0.1) is 0 Å². The fourth-order valence-corrected chi connectivity index (χ4v) is 1.18. The molecule has 1 amide bonds. The minimum Gasteiger partial charge on any atom is -0.444 e. The topological polar surface area (TPSA) is 59.6 Å². The SMILES string of the molecule is COC(C)(C)CCNCCNC(=O)OC(C)(C)C. The molecule has 0 aromatic heterocycles. The first-order valence-electron chi connectivity index (χ1n) is 6.39. The van der Waals surface area contributed by atoms with Crippen molar-refractivity contribution in [3.63, 3.8) is 0 Å². The smallest absolute Gasteiger partial charge is 0.407 e. The summed E-state index contributed by atoms with van der Waals surface area (Å²) in [6.45, 7) is 11.8. The molecule has 0 saturated carbocycles. The van der Waals surface area contributed by atoms with Crippen LogP contribution in [0.4, 0.5) is 4.79 Å². The molecule has 0 aromatic carbocycles. The number of methoxy groups -OCH3 is 1. The number of carbonyl (C=O) groups is 1. The van der Waals surface area contributed by atoms with Crippen molar-refractivity contribution in [2.24, 2.45) is 0 Å². The van der Waals surface area contributed by atoms with Crippen molar-refractivity contribution in [2.45, 2.75) is 52.2 Å². The molecule has 5 nitrogen and oxygen atoms in total. The zero-order valence-corrected chi connectivity index (χ0v) is 12.6. The Hall–Kier alpha value is -0.810. The molecule has 0 radical (unpaired) electrons. The molecule has 2 N–H and O–H groups in total. The molecule has 0 aliphatic heterocycles. The maximum Gasteiger partial charge on any atom is 0.407 e. The molecule has 0 rings (SSSR count). The van der Waals surface area contributed by atoms with E-state index < -0.39 is 5.60 Å². The van der Waals surface area contributed by atoms with E-state index in [0.717, 1.165) is 19.5 Å². The van der Waals surface area contributed by atoms with E-state index >= 15 is 0 Å². The van der Waals surface area contributed by atoms with Crippen molar-refractivity contribution < 1.29 is 14.3 Å². The van der Waals surface area contributed by atoms with Crippen molar-refractivity contribution in [2.75, 3.05) is 26.7 Å². The van der Waals surface area contributed by atoms with Crippen LogP contribution in [0.3, 0.4) is 0 Å². The summed E-state index contributed by atoms with van der Waals surface area (Å²) in [5.74, 6) is 0. The lowest BCUT2D eigenvalue weighted by atomic mass is 10.1. The third-order valence-electron chi connectivity index (χ3n) is 2.43. The predicted octanol–water partition coefficient (Wildman–Crippen LogP) is 1.92. The van der Waals surface area contributed by atoms with Crippen LogP contribution in [0.15, 0.2) is 0 Å². The van der Waals surface area contributed by atoms with Crippen LogP contribution < -0.4 is 10.6 Å². The highest BCUT2D eigenvalue weighted by Gasteiger charge is 2.16. The largest absolute Gasteiger partial charge is 0.444 e. The van der Waals surface area contributed by atoms with Gasteiger partial charge in [0.2, 0.25) is 0 Å². The van der Waals surface area contributed by atoms with Crippen molar-refractivity contribution in [1.29, 1.82) is 0 Å². The highest BCUT2D eigenvalue weighted by atomic mass is 16.6. The summed E-state index contributed by atoms with van der Waals surface area (Å²) in [5, 5.41) is 5.94. The zero-order valence-electron chi connectivity index (χ0n) is 12.6. The van der Waals surface area contributed by atoms with Gasteiger partial charge < -0.3 is 20.1 Å². The second kappa shape index (κ2) is 7.59. The van der Waals surface area contributed by atoms with Crippen molar-refractivity contribution in [3.05, 3.63) is 0 Å². The Morgan fingerprint density at radius 1 is 1.06 bits per heavy atom. The Balaban J connectivity index is 3.49. The summed E-state index contributed by atoms with van der Waals surface area (Å²) in [4.78, 5) is 11.3. The molecule has 0 aromatic rings. The van der Waals surface area contributed by atoms with Crippen molar-refractivity contribution in [1.82, 2.24) is 10.6 Å². The molecule has 0 atom stereocenters. The van der Waals surface area contributed by atoms with E-state index in [1.807, 2.05) is 34.6 Å². The minimum atomic E-state index is -0.444. The zero-order chi connectivity index (χ0) is 14.2. The lowest BCUT2D eigenvalue weighted by Crippen LogP contribution is -2.37. The van der Waals surface area contributed by atoms with Crippen LogP contribution in [0.25, 0.3) is 0 Å². The Morgan fingerprint density at radius 3 is 2.17 bits per heavy atom. The molecule has 0 bridgehead atoms. The van der Waals surface area contributed by atoms with Crippen LogP contribution in [-0.4, -0.2) is 44.0 Å². The van der Waals surface area contributed by atoms with Gasteiger partial charge >= 0.3 is 6.09 Å². The molecule has 0 spiro atoms. The number of carbonyl (C=O) groups excluding carboxylic acids is 1. The lowest BCUT2D eigenvalue weighted by molar-refractivity contribution is 0.0158. The number of hydrogen-bond acceptors (Lipinski definition) is 4. The van der Waals surface area contributed by atoms with Crippen LogP contribution in [0.2, 0.25) is 0 Å². The van der Waals surface area contributed by atoms with E-state index in [1.54, 1.807) is 7.11 Å². The molecule has 0 unspecified atom stereocenters. The summed E-state index contributed by atoms with van der Waals surface area (Å²) in [5.41, 5.74) is -0.550. The van der Waals surface area contributed by atoms with Crippen molar-refractivity contribution in [3.8, 4) is 0 Å². The fourth-order valence-electron chi connectivity index (χ4n) is 1.18. The summed E-state index contributed by atoms with van der Waals surface area (Å²) in [6.07, 6.45) is 0.553. The highest BCUT2D eigenvalue weighted by Crippen LogP contribution is 2.11. The second-order valence-electron chi connectivity index (χ2n) is 5.89. The van der Waals surface area contributed by atoms with Gasteiger partial charge in [-0.25, -0.2) is 4.79 Å². The van der Waals surface area contributed by atoms with Gasteiger partial charge in [-0.2, -0.15) is 0 Å². The Labute approximate surface area is 111 Å². The van der Waals surface area contributed by atoms with E-state index in [0.29, 0.717) is 6.54 Å². The highest BCUT2D eigenvalue weighted by molar-refractivity contribution is 5.67. The second-order valence-corrected chi connectivity index (χ2v) is 5.89. The number of nitrogens with one attached hydrogen (secondary N) is 2. The van der Waals surface area contributed by atoms with Crippen LogP contribution >= 0.6 is 0 Å². The number of rotatable bonds is 7. The molecule has 0 aliphatic rings. The van der Waals surface area contributed by atoms with Gasteiger partial charge in [0.25, 0.3) is 0 Å². The summed E-state index contributed by atoms with van der Waals surface area (Å²) in [6, 6.07) is 0. The molecular weight excluding hydrogens is 232 g/mol. The monoisotopic (exact) mass is 260 g/mol. The molecule has 5 heteroatoms. The van der Waals surface area contributed by atoms with Gasteiger partial charge in [-0.1, -0.05) is 0 Å². The first-order valence-corrected chi connectivity index (χ1v) is 6.39. The van der Waals surface area contributed by atoms with Crippen LogP contribution in [0.5, 0.6) is 0 Å². The molecule has 0 heterocycles. The summed E-state index contributed by atoms with van der Waals surface area (Å²) >= 11 is 0. The van der Waals surface area contributed by atoms with E-state index in [2.05, 4.69) is 10.6 Å². The van der Waals surface area contributed by atoms with E-state index in [1.165, 1.54) is 0 Å². The Kier molecular flexibility index (Phi) is 7.25. The third kappa shape index (κ3) is 10.4. The van der Waals surface area contributed by atoms with E-state index in [9.17, 15) is 4.79 Å². The number of hydrogen-bond donors (Lipinski definition) is 2. The summed E-state index contributed by atoms with van der Waals surface area (Å²) in [7, 11) is 1.71. The van der Waals surface area contributed by atoms with Crippen LogP contribution in [-0.2, 0) is 9.47 Å². The van der Waals surface area contributed by atoms with Gasteiger partial charge in [0.1, 0.15) is 5.60 Å². The minimum absolute atomic E-state index is 0.106. The van der Waals surface area contributed by atoms with Gasteiger partial charge in [0.05, 0.1) is 5.60 Å². The summed E-state index contributed by atoms with van der Waals surface area (Å²) < 4.78 is 10.4. The number of alkyl carbamates (subject to hydrolysis) is 1. The van der Waals surface area contributed by atoms with Gasteiger partial charge in [-0.3, -0.25) is 0 Å². The van der Waals surface area contributed by atoms with Crippen LogP contribution in [0.1, 0.15) is 41.0 Å². The van der Waals surface area contributed by atoms with Gasteiger partial charge in [0.15, 0.2) is 0 Å². The van der Waals surface area contributed by atoms with Crippen molar-refractivity contribution >= 4 is 6.09 Å². The van der Waals surface area contributed by atoms with Gasteiger partial charge in [-0.05, 0) is 47.6 Å². The van der Waals surface area contributed by atoms with E-state index in [-0.39, 0.29) is 11.7 Å². The molecule has 0 fully saturated rings. The fraction of sp³-hybridized carbons (Fsp3) is 0.923. The molecular formula is C13H28N2O3. The number of amides is 1.